The minimum absolute atomic E-state index is 0.107. The Labute approximate surface area is 581 Å². The van der Waals surface area contributed by atoms with E-state index in [0.717, 1.165) is 108 Å². The Bertz CT molecular complexity index is 1840. The molecule has 0 radical (unpaired) electrons. The third-order valence-electron chi connectivity index (χ3n) is 18.1. The van der Waals surface area contributed by atoms with E-state index in [9.17, 15) is 43.2 Å². The average molecular weight is 1400 g/mol. The highest BCUT2D eigenvalue weighted by molar-refractivity contribution is 7.47. The summed E-state index contributed by atoms with van der Waals surface area (Å²) in [6.07, 6.45) is 55.4. The van der Waals surface area contributed by atoms with E-state index in [1.807, 2.05) is 0 Å². The third kappa shape index (κ3) is 69.0. The van der Waals surface area contributed by atoms with Crippen LogP contribution in [-0.4, -0.2) is 96.7 Å². The van der Waals surface area contributed by atoms with Gasteiger partial charge in [0.05, 0.1) is 26.4 Å². The third-order valence-corrected chi connectivity index (χ3v) is 20.0. The molecule has 6 atom stereocenters. The van der Waals surface area contributed by atoms with Crippen molar-refractivity contribution in [3.8, 4) is 0 Å². The summed E-state index contributed by atoms with van der Waals surface area (Å²) in [6.45, 7) is 9.57. The summed E-state index contributed by atoms with van der Waals surface area (Å²) < 4.78 is 68.5. The van der Waals surface area contributed by atoms with Crippen molar-refractivity contribution in [1.29, 1.82) is 0 Å². The lowest BCUT2D eigenvalue weighted by Crippen LogP contribution is -2.30. The van der Waals surface area contributed by atoms with Crippen molar-refractivity contribution in [2.45, 2.75) is 413 Å². The van der Waals surface area contributed by atoms with E-state index in [-0.39, 0.29) is 25.7 Å². The quantitative estimate of drug-likeness (QED) is 0.0222. The molecule has 0 amide bonds. The van der Waals surface area contributed by atoms with Crippen LogP contribution in [0.5, 0.6) is 0 Å². The molecule has 0 aromatic heterocycles. The Morgan fingerprint density at radius 2 is 0.537 bits per heavy atom. The lowest BCUT2D eigenvalue weighted by Gasteiger charge is -2.21. The molecule has 0 rings (SSSR count). The number of hydrogen-bond donors (Lipinski definition) is 3. The minimum Gasteiger partial charge on any atom is -0.462 e. The predicted molar refractivity (Wildman–Crippen MR) is 386 cm³/mol. The van der Waals surface area contributed by atoms with E-state index in [4.69, 9.17) is 37.0 Å². The van der Waals surface area contributed by atoms with Gasteiger partial charge in [0, 0.05) is 25.7 Å². The Morgan fingerprint density at radius 3 is 0.800 bits per heavy atom. The van der Waals surface area contributed by atoms with Crippen molar-refractivity contribution in [3.05, 3.63) is 0 Å². The molecule has 0 bridgehead atoms. The molecule has 0 aromatic rings. The van der Waals surface area contributed by atoms with Crippen LogP contribution >= 0.6 is 15.6 Å². The van der Waals surface area contributed by atoms with Gasteiger partial charge in [0.25, 0.3) is 0 Å². The fourth-order valence-electron chi connectivity index (χ4n) is 11.6. The summed E-state index contributed by atoms with van der Waals surface area (Å²) in [7, 11) is -9.91. The molecular formula is C76H148O17P2. The van der Waals surface area contributed by atoms with Gasteiger partial charge in [-0.2, -0.15) is 0 Å². The summed E-state index contributed by atoms with van der Waals surface area (Å²) >= 11 is 0. The molecular weight excluding hydrogens is 1250 g/mol. The van der Waals surface area contributed by atoms with Crippen molar-refractivity contribution in [1.82, 2.24) is 0 Å². The topological polar surface area (TPSA) is 237 Å². The molecule has 0 aliphatic heterocycles. The first-order valence-corrected chi connectivity index (χ1v) is 42.5. The second-order valence-electron chi connectivity index (χ2n) is 28.1. The maximum atomic E-state index is 13.1. The van der Waals surface area contributed by atoms with Gasteiger partial charge in [-0.1, -0.05) is 343 Å². The van der Waals surface area contributed by atoms with Crippen molar-refractivity contribution in [2.24, 2.45) is 11.8 Å². The average Bonchev–Trinajstić information content (AvgIpc) is 1.48. The van der Waals surface area contributed by atoms with Crippen LogP contribution in [0, 0.1) is 11.8 Å². The molecule has 0 fully saturated rings. The van der Waals surface area contributed by atoms with Gasteiger partial charge in [-0.3, -0.25) is 37.3 Å². The van der Waals surface area contributed by atoms with E-state index in [2.05, 4.69) is 41.5 Å². The highest BCUT2D eigenvalue weighted by Gasteiger charge is 2.30. The zero-order chi connectivity index (χ0) is 70.0. The van der Waals surface area contributed by atoms with Gasteiger partial charge in [-0.25, -0.2) is 9.13 Å². The van der Waals surface area contributed by atoms with Crippen LogP contribution in [0.4, 0.5) is 0 Å². The van der Waals surface area contributed by atoms with Gasteiger partial charge in [-0.05, 0) is 37.5 Å². The molecule has 564 valence electrons. The maximum absolute atomic E-state index is 13.1. The Hall–Kier alpha value is -1.94. The fourth-order valence-corrected chi connectivity index (χ4v) is 13.2. The molecule has 0 aromatic carbocycles. The summed E-state index contributed by atoms with van der Waals surface area (Å²) in [5.41, 5.74) is 0. The number of aliphatic hydroxyl groups excluding tert-OH is 1. The molecule has 95 heavy (non-hydrogen) atoms. The highest BCUT2D eigenvalue weighted by Crippen LogP contribution is 2.45. The number of unbranched alkanes of at least 4 members (excludes halogenated alkanes) is 44. The van der Waals surface area contributed by atoms with E-state index in [1.165, 1.54) is 205 Å². The molecule has 0 spiro atoms. The SMILES string of the molecule is CCCCCCCCCCCCCCCCCCCCC(=O)O[C@H](COC(=O)CCCCCCCCCCCCCCC(C)C)COP(=O)(O)OC[C@@H](O)COP(=O)(O)OC[C@@H](COC(=O)CCCCCCCCC(C)CC)OC(=O)CCCCCCCCCCCCCC. The Kier molecular flexibility index (Phi) is 66.5. The van der Waals surface area contributed by atoms with E-state index < -0.39 is 97.5 Å². The van der Waals surface area contributed by atoms with Gasteiger partial charge in [0.15, 0.2) is 12.2 Å². The highest BCUT2D eigenvalue weighted by atomic mass is 31.2. The van der Waals surface area contributed by atoms with Gasteiger partial charge < -0.3 is 33.8 Å². The van der Waals surface area contributed by atoms with Crippen LogP contribution in [0.15, 0.2) is 0 Å². The maximum Gasteiger partial charge on any atom is 0.472 e. The first kappa shape index (κ1) is 93.1. The number of aliphatic hydroxyl groups is 1. The number of esters is 4. The lowest BCUT2D eigenvalue weighted by atomic mass is 10.00. The molecule has 3 N–H and O–H groups in total. The van der Waals surface area contributed by atoms with Crippen LogP contribution in [0.2, 0.25) is 0 Å². The van der Waals surface area contributed by atoms with Crippen LogP contribution < -0.4 is 0 Å². The summed E-state index contributed by atoms with van der Waals surface area (Å²) in [4.78, 5) is 72.8. The standard InChI is InChI=1S/C76H148O17P2/c1-7-10-12-14-16-18-20-22-23-24-25-26-27-33-37-41-49-55-61-76(81)92-71(64-86-73(78)58-52-46-39-35-32-29-28-30-34-38-44-50-56-68(4)5)66-90-94(82,83)88-62-70(77)63-89-95(84,85)91-67-72(65-87-74(79)59-53-47-43-42-45-51-57-69(6)9-3)93-75(80)60-54-48-40-36-31-21-19-17-15-13-11-8-2/h68-72,77H,7-67H2,1-6H3,(H,82,83)(H,84,85)/t69?,70-,71-,72-/m1/s1. The van der Waals surface area contributed by atoms with E-state index in [0.29, 0.717) is 25.7 Å². The van der Waals surface area contributed by atoms with Crippen LogP contribution in [0.1, 0.15) is 395 Å². The number of phosphoric acid groups is 2. The number of hydrogen-bond acceptors (Lipinski definition) is 15. The van der Waals surface area contributed by atoms with E-state index >= 15 is 0 Å². The molecule has 0 saturated heterocycles. The summed E-state index contributed by atoms with van der Waals surface area (Å²) in [6, 6.07) is 0. The minimum atomic E-state index is -4.96. The largest absolute Gasteiger partial charge is 0.472 e. The summed E-state index contributed by atoms with van der Waals surface area (Å²) in [5.74, 6) is -0.602. The number of ether oxygens (including phenoxy) is 4. The van der Waals surface area contributed by atoms with Crippen LogP contribution in [-0.2, 0) is 65.4 Å². The molecule has 3 unspecified atom stereocenters. The number of carbonyl (C=O) groups is 4. The van der Waals surface area contributed by atoms with Gasteiger partial charge >= 0.3 is 39.5 Å². The van der Waals surface area contributed by atoms with Crippen molar-refractivity contribution in [2.75, 3.05) is 39.6 Å². The van der Waals surface area contributed by atoms with Crippen molar-refractivity contribution in [3.63, 3.8) is 0 Å². The molecule has 0 saturated carbocycles. The second kappa shape index (κ2) is 67.9. The van der Waals surface area contributed by atoms with E-state index in [1.54, 1.807) is 0 Å². The monoisotopic (exact) mass is 1400 g/mol. The number of rotatable bonds is 75. The lowest BCUT2D eigenvalue weighted by molar-refractivity contribution is -0.161. The van der Waals surface area contributed by atoms with Gasteiger partial charge in [0.1, 0.15) is 19.3 Å². The molecule has 0 aliphatic carbocycles. The number of carbonyl (C=O) groups excluding carboxylic acids is 4. The molecule has 19 heteroatoms. The first-order chi connectivity index (χ1) is 45.9. The summed E-state index contributed by atoms with van der Waals surface area (Å²) in [5, 5.41) is 10.6. The second-order valence-corrected chi connectivity index (χ2v) is 31.0. The van der Waals surface area contributed by atoms with Crippen molar-refractivity contribution >= 4 is 39.5 Å². The normalized spacial score (nSPS) is 14.3. The Balaban J connectivity index is 5.24. The smallest absolute Gasteiger partial charge is 0.462 e. The van der Waals surface area contributed by atoms with Crippen LogP contribution in [0.3, 0.4) is 0 Å². The van der Waals surface area contributed by atoms with Gasteiger partial charge in [0.2, 0.25) is 0 Å². The zero-order valence-corrected chi connectivity index (χ0v) is 63.8. The van der Waals surface area contributed by atoms with Gasteiger partial charge in [-0.15, -0.1) is 0 Å². The molecule has 0 heterocycles. The van der Waals surface area contributed by atoms with Crippen molar-refractivity contribution < 1.29 is 80.2 Å². The first-order valence-electron chi connectivity index (χ1n) is 39.5. The zero-order valence-electron chi connectivity index (χ0n) is 62.0. The fraction of sp³-hybridized carbons (Fsp3) is 0.947. The van der Waals surface area contributed by atoms with Crippen LogP contribution in [0.25, 0.3) is 0 Å². The predicted octanol–water partition coefficient (Wildman–Crippen LogP) is 22.3. The molecule has 17 nitrogen and oxygen atoms in total. The Morgan fingerprint density at radius 1 is 0.305 bits per heavy atom. The number of phosphoric ester groups is 2. The molecule has 0 aliphatic rings.